The number of halogens is 1. The largest absolute Gasteiger partial charge is 0.342 e. The highest BCUT2D eigenvalue weighted by atomic mass is 35.5. The molecule has 5 heteroatoms. The minimum absolute atomic E-state index is 0.156. The number of hydrogen-bond donors (Lipinski definition) is 1. The van der Waals surface area contributed by atoms with Crippen LogP contribution in [0.2, 0.25) is 5.02 Å². The van der Waals surface area contributed by atoms with Gasteiger partial charge >= 0.3 is 6.03 Å². The minimum Gasteiger partial charge on any atom is -0.306 e. The lowest BCUT2D eigenvalue weighted by Gasteiger charge is -2.29. The van der Waals surface area contributed by atoms with Crippen molar-refractivity contribution < 1.29 is 4.79 Å². The molecule has 0 aromatic heterocycles. The van der Waals surface area contributed by atoms with E-state index >= 15 is 0 Å². The van der Waals surface area contributed by atoms with Crippen molar-refractivity contribution in [1.82, 2.24) is 5.01 Å². The molecule has 0 bridgehead atoms. The van der Waals surface area contributed by atoms with E-state index in [0.717, 1.165) is 40.9 Å². The molecule has 0 fully saturated rings. The van der Waals surface area contributed by atoms with Gasteiger partial charge in [-0.05, 0) is 55.2 Å². The number of aryl methyl sites for hydroxylation is 2. The molecule has 150 valence electrons. The standard InChI is InChI=1S/C25H22ClN3O/c1-16-6-13-20(14-7-16)27-25(30)29-24(18-8-11-19(26)12-9-18)22-15-10-17-4-2-3-5-21(17)23(22)28-29/h2-9,11-14,22,24H,10,15H2,1H3,(H,27,30)/t22-,24-/m0/s1. The number of hydrazone groups is 1. The van der Waals surface area contributed by atoms with Crippen LogP contribution in [0.3, 0.4) is 0 Å². The Labute approximate surface area is 181 Å². The van der Waals surface area contributed by atoms with Gasteiger partial charge < -0.3 is 5.32 Å². The number of nitrogens with zero attached hydrogens (tertiary/aromatic N) is 2. The number of carbonyl (C=O) groups is 1. The van der Waals surface area contributed by atoms with Crippen molar-refractivity contribution in [3.63, 3.8) is 0 Å². The maximum absolute atomic E-state index is 13.3. The molecule has 3 aromatic carbocycles. The fraction of sp³-hybridized carbons (Fsp3) is 0.200. The van der Waals surface area contributed by atoms with Crippen molar-refractivity contribution in [2.45, 2.75) is 25.8 Å². The summed E-state index contributed by atoms with van der Waals surface area (Å²) in [6.45, 7) is 2.02. The van der Waals surface area contributed by atoms with Gasteiger partial charge in [-0.2, -0.15) is 5.10 Å². The number of hydrogen-bond acceptors (Lipinski definition) is 2. The quantitative estimate of drug-likeness (QED) is 0.531. The average molecular weight is 416 g/mol. The number of urea groups is 1. The summed E-state index contributed by atoms with van der Waals surface area (Å²) >= 11 is 6.12. The van der Waals surface area contributed by atoms with E-state index in [0.29, 0.717) is 5.02 Å². The van der Waals surface area contributed by atoms with Gasteiger partial charge in [-0.3, -0.25) is 0 Å². The van der Waals surface area contributed by atoms with Crippen molar-refractivity contribution in [3.8, 4) is 0 Å². The summed E-state index contributed by atoms with van der Waals surface area (Å²) in [5, 5.41) is 10.2. The zero-order valence-electron chi connectivity index (χ0n) is 16.7. The van der Waals surface area contributed by atoms with Gasteiger partial charge in [0.2, 0.25) is 0 Å². The zero-order chi connectivity index (χ0) is 20.7. The zero-order valence-corrected chi connectivity index (χ0v) is 17.4. The van der Waals surface area contributed by atoms with Crippen LogP contribution in [0.1, 0.15) is 34.7 Å². The van der Waals surface area contributed by atoms with E-state index in [9.17, 15) is 4.79 Å². The second kappa shape index (κ2) is 7.62. The molecule has 4 nitrogen and oxygen atoms in total. The van der Waals surface area contributed by atoms with Gasteiger partial charge in [-0.25, -0.2) is 9.80 Å². The van der Waals surface area contributed by atoms with Crippen molar-refractivity contribution in [2.24, 2.45) is 11.0 Å². The van der Waals surface area contributed by atoms with E-state index in [2.05, 4.69) is 23.5 Å². The highest BCUT2D eigenvalue weighted by molar-refractivity contribution is 6.30. The summed E-state index contributed by atoms with van der Waals surface area (Å²) in [4.78, 5) is 13.3. The van der Waals surface area contributed by atoms with Crippen LogP contribution in [-0.4, -0.2) is 16.8 Å². The molecule has 1 aliphatic heterocycles. The number of fused-ring (bicyclic) bond motifs is 3. The molecule has 2 aliphatic rings. The summed E-state index contributed by atoms with van der Waals surface area (Å²) in [6.07, 6.45) is 1.94. The lowest BCUT2D eigenvalue weighted by atomic mass is 9.77. The van der Waals surface area contributed by atoms with Gasteiger partial charge in [-0.15, -0.1) is 0 Å². The number of benzene rings is 3. The van der Waals surface area contributed by atoms with Gasteiger partial charge in [0, 0.05) is 22.2 Å². The molecular weight excluding hydrogens is 394 g/mol. The van der Waals surface area contributed by atoms with E-state index < -0.39 is 0 Å². The molecule has 1 aliphatic carbocycles. The van der Waals surface area contributed by atoms with Crippen molar-refractivity contribution in [1.29, 1.82) is 0 Å². The monoisotopic (exact) mass is 415 g/mol. The first-order chi connectivity index (χ1) is 14.6. The predicted octanol–water partition coefficient (Wildman–Crippen LogP) is 6.20. The van der Waals surface area contributed by atoms with Crippen LogP contribution in [-0.2, 0) is 6.42 Å². The Hall–Kier alpha value is -3.11. The van der Waals surface area contributed by atoms with Crippen LogP contribution in [0.4, 0.5) is 10.5 Å². The second-order valence-electron chi connectivity index (χ2n) is 7.92. The Morgan fingerprint density at radius 1 is 1.03 bits per heavy atom. The van der Waals surface area contributed by atoms with Crippen LogP contribution < -0.4 is 5.32 Å². The molecular formula is C25H22ClN3O. The predicted molar refractivity (Wildman–Crippen MR) is 121 cm³/mol. The fourth-order valence-electron chi connectivity index (χ4n) is 4.44. The molecule has 0 saturated heterocycles. The fourth-order valence-corrected chi connectivity index (χ4v) is 4.57. The van der Waals surface area contributed by atoms with Crippen LogP contribution >= 0.6 is 11.6 Å². The third-order valence-corrected chi connectivity index (χ3v) is 6.20. The van der Waals surface area contributed by atoms with E-state index in [1.54, 1.807) is 5.01 Å². The lowest BCUT2D eigenvalue weighted by Crippen LogP contribution is -2.34. The summed E-state index contributed by atoms with van der Waals surface area (Å²) in [5.74, 6) is 0.157. The van der Waals surface area contributed by atoms with Gasteiger partial charge in [0.15, 0.2) is 0 Å². The summed E-state index contributed by atoms with van der Waals surface area (Å²) in [5.41, 5.74) is 6.39. The molecule has 0 unspecified atom stereocenters. The highest BCUT2D eigenvalue weighted by Crippen LogP contribution is 2.43. The lowest BCUT2D eigenvalue weighted by molar-refractivity contribution is 0.188. The molecule has 0 spiro atoms. The number of amides is 2. The first kappa shape index (κ1) is 18.9. The minimum atomic E-state index is -0.224. The molecule has 5 rings (SSSR count). The van der Waals surface area contributed by atoms with Gasteiger partial charge in [0.25, 0.3) is 0 Å². The third-order valence-electron chi connectivity index (χ3n) is 5.95. The Morgan fingerprint density at radius 3 is 2.53 bits per heavy atom. The van der Waals surface area contributed by atoms with Crippen molar-refractivity contribution in [2.75, 3.05) is 5.32 Å². The van der Waals surface area contributed by atoms with Gasteiger partial charge in [0.05, 0.1) is 11.8 Å². The number of anilines is 1. The Bertz CT molecular complexity index is 1120. The molecule has 30 heavy (non-hydrogen) atoms. The van der Waals surface area contributed by atoms with Crippen LogP contribution in [0.25, 0.3) is 0 Å². The summed E-state index contributed by atoms with van der Waals surface area (Å²) < 4.78 is 0. The molecule has 1 N–H and O–H groups in total. The van der Waals surface area contributed by atoms with E-state index in [4.69, 9.17) is 16.7 Å². The third kappa shape index (κ3) is 3.37. The van der Waals surface area contributed by atoms with E-state index in [1.165, 1.54) is 5.56 Å². The van der Waals surface area contributed by atoms with Gasteiger partial charge in [-0.1, -0.05) is 65.7 Å². The maximum Gasteiger partial charge on any atom is 0.342 e. The molecule has 1 heterocycles. The Kier molecular flexibility index (Phi) is 4.80. The Morgan fingerprint density at radius 2 is 1.77 bits per heavy atom. The molecule has 2 atom stereocenters. The molecule has 0 radical (unpaired) electrons. The average Bonchev–Trinajstić information content (AvgIpc) is 3.16. The number of rotatable bonds is 2. The number of carbonyl (C=O) groups excluding carboxylic acids is 1. The summed E-state index contributed by atoms with van der Waals surface area (Å²) in [6, 6.07) is 23.5. The normalized spacial score (nSPS) is 19.7. The first-order valence-electron chi connectivity index (χ1n) is 10.2. The SMILES string of the molecule is Cc1ccc(NC(=O)N2N=C3c4ccccc4CC[C@@H]3[C@@H]2c2ccc(Cl)cc2)cc1. The summed E-state index contributed by atoms with van der Waals surface area (Å²) in [7, 11) is 0. The van der Waals surface area contributed by atoms with E-state index in [1.807, 2.05) is 61.5 Å². The molecule has 0 saturated carbocycles. The van der Waals surface area contributed by atoms with Crippen molar-refractivity contribution >= 4 is 29.0 Å². The number of nitrogens with one attached hydrogen (secondary N) is 1. The topological polar surface area (TPSA) is 44.7 Å². The second-order valence-corrected chi connectivity index (χ2v) is 8.36. The van der Waals surface area contributed by atoms with Crippen LogP contribution in [0.15, 0.2) is 77.9 Å². The highest BCUT2D eigenvalue weighted by Gasteiger charge is 2.43. The van der Waals surface area contributed by atoms with Crippen LogP contribution in [0.5, 0.6) is 0 Å². The van der Waals surface area contributed by atoms with Gasteiger partial charge in [0.1, 0.15) is 0 Å². The van der Waals surface area contributed by atoms with Crippen LogP contribution in [0, 0.1) is 12.8 Å². The molecule has 3 aromatic rings. The first-order valence-corrected chi connectivity index (χ1v) is 10.6. The molecule has 2 amide bonds. The smallest absolute Gasteiger partial charge is 0.306 e. The van der Waals surface area contributed by atoms with E-state index in [-0.39, 0.29) is 18.0 Å². The Balaban J connectivity index is 1.53. The maximum atomic E-state index is 13.3. The van der Waals surface area contributed by atoms with Crippen molar-refractivity contribution in [3.05, 3.63) is 100 Å².